The highest BCUT2D eigenvalue weighted by molar-refractivity contribution is 7.92. The Morgan fingerprint density at radius 1 is 1.19 bits per heavy atom. The summed E-state index contributed by atoms with van der Waals surface area (Å²) in [6, 6.07) is 4.87. The van der Waals surface area contributed by atoms with E-state index in [1.54, 1.807) is 0 Å². The number of nitrogens with one attached hydrogen (secondary N) is 1. The van der Waals surface area contributed by atoms with Crippen LogP contribution in [0.3, 0.4) is 0 Å². The van der Waals surface area contributed by atoms with E-state index in [0.29, 0.717) is 10.6 Å². The van der Waals surface area contributed by atoms with E-state index in [9.17, 15) is 36.4 Å². The monoisotopic (exact) mass is 559 g/mol. The smallest absolute Gasteiger partial charge is 0.403 e. The van der Waals surface area contributed by atoms with Gasteiger partial charge in [-0.3, -0.25) is 14.5 Å². The van der Waals surface area contributed by atoms with Gasteiger partial charge in [-0.05, 0) is 63.5 Å². The molecule has 0 spiro atoms. The van der Waals surface area contributed by atoms with Crippen LogP contribution in [-0.2, 0) is 19.4 Å². The van der Waals surface area contributed by atoms with Crippen LogP contribution in [-0.4, -0.2) is 60.8 Å². The second kappa shape index (κ2) is 8.85. The van der Waals surface area contributed by atoms with Crippen molar-refractivity contribution < 1.29 is 35.9 Å². The van der Waals surface area contributed by atoms with Crippen molar-refractivity contribution in [1.29, 1.82) is 5.26 Å². The van der Waals surface area contributed by atoms with Crippen LogP contribution in [0.2, 0.25) is 5.02 Å². The number of hydrogen-bond donors (Lipinski definition) is 1. The number of hydrogen-bond acceptors (Lipinski definition) is 7. The molecule has 1 aliphatic heterocycles. The molecule has 0 aromatic heterocycles. The predicted octanol–water partition coefficient (Wildman–Crippen LogP) is 3.53. The number of benzene rings is 1. The molecule has 1 aromatic rings. The van der Waals surface area contributed by atoms with Crippen molar-refractivity contribution in [3.05, 3.63) is 23.2 Å². The molecule has 200 valence electrons. The van der Waals surface area contributed by atoms with Crippen LogP contribution < -0.4 is 10.1 Å². The van der Waals surface area contributed by atoms with Gasteiger partial charge in [0, 0.05) is 12.6 Å². The van der Waals surface area contributed by atoms with Crippen LogP contribution in [0.5, 0.6) is 5.75 Å². The molecule has 4 fully saturated rings. The zero-order valence-electron chi connectivity index (χ0n) is 19.7. The summed E-state index contributed by atoms with van der Waals surface area (Å²) in [6.07, 6.45) is -2.91. The lowest BCUT2D eigenvalue weighted by atomic mass is 9.96. The van der Waals surface area contributed by atoms with E-state index in [0.717, 1.165) is 19.3 Å². The SMILES string of the molecule is N#CC1(N(C(=O)[C@@H]2C[C@@H](S(=O)(=O)c3ccc(OC4CCC4)cc3Cl)CN2)C(=O)C2(C(F)(F)F)CC2)CC1. The highest BCUT2D eigenvalue weighted by Crippen LogP contribution is 2.60. The quantitative estimate of drug-likeness (QED) is 0.508. The summed E-state index contributed by atoms with van der Waals surface area (Å²) in [6.45, 7) is -0.165. The van der Waals surface area contributed by atoms with Crippen molar-refractivity contribution >= 4 is 33.3 Å². The van der Waals surface area contributed by atoms with E-state index in [-0.39, 0.29) is 41.8 Å². The van der Waals surface area contributed by atoms with Crippen LogP contribution >= 0.6 is 11.6 Å². The molecule has 2 amide bonds. The van der Waals surface area contributed by atoms with Crippen LogP contribution in [0.4, 0.5) is 13.2 Å². The summed E-state index contributed by atoms with van der Waals surface area (Å²) < 4.78 is 73.4. The van der Waals surface area contributed by atoms with E-state index >= 15 is 0 Å². The van der Waals surface area contributed by atoms with Crippen LogP contribution in [0.25, 0.3) is 0 Å². The summed E-state index contributed by atoms with van der Waals surface area (Å²) >= 11 is 6.27. The third kappa shape index (κ3) is 4.38. The molecule has 1 aromatic carbocycles. The van der Waals surface area contributed by atoms with Gasteiger partial charge in [-0.25, -0.2) is 8.42 Å². The lowest BCUT2D eigenvalue weighted by Gasteiger charge is -2.32. The minimum Gasteiger partial charge on any atom is -0.490 e. The Kier molecular flexibility index (Phi) is 6.28. The first kappa shape index (κ1) is 26.3. The Labute approximate surface area is 217 Å². The Hall–Kier alpha value is -2.36. The van der Waals surface area contributed by atoms with Crippen molar-refractivity contribution in [2.24, 2.45) is 5.41 Å². The number of ether oxygens (including phenoxy) is 1. The number of rotatable bonds is 7. The van der Waals surface area contributed by atoms with Gasteiger partial charge in [-0.15, -0.1) is 0 Å². The Balaban J connectivity index is 1.34. The molecule has 2 atom stereocenters. The molecule has 4 aliphatic rings. The molecule has 0 unspecified atom stereocenters. The van der Waals surface area contributed by atoms with Crippen LogP contribution in [0.15, 0.2) is 23.1 Å². The number of sulfone groups is 1. The zero-order chi connectivity index (χ0) is 26.8. The molecule has 1 N–H and O–H groups in total. The molecule has 37 heavy (non-hydrogen) atoms. The van der Waals surface area contributed by atoms with Gasteiger partial charge in [0.2, 0.25) is 11.8 Å². The van der Waals surface area contributed by atoms with Gasteiger partial charge in [0.1, 0.15) is 16.7 Å². The van der Waals surface area contributed by atoms with Crippen molar-refractivity contribution in [2.75, 3.05) is 6.54 Å². The molecule has 5 rings (SSSR count). The molecule has 1 saturated heterocycles. The van der Waals surface area contributed by atoms with Gasteiger partial charge in [-0.1, -0.05) is 11.6 Å². The fraction of sp³-hybridized carbons (Fsp3) is 0.625. The molecule has 8 nitrogen and oxygen atoms in total. The lowest BCUT2D eigenvalue weighted by molar-refractivity contribution is -0.200. The molecule has 13 heteroatoms. The fourth-order valence-electron chi connectivity index (χ4n) is 4.90. The third-order valence-corrected chi connectivity index (χ3v) is 10.5. The highest BCUT2D eigenvalue weighted by Gasteiger charge is 2.72. The summed E-state index contributed by atoms with van der Waals surface area (Å²) in [4.78, 5) is 26.7. The summed E-state index contributed by atoms with van der Waals surface area (Å²) in [5.41, 5.74) is -4.30. The largest absolute Gasteiger partial charge is 0.490 e. The zero-order valence-corrected chi connectivity index (χ0v) is 21.3. The average molecular weight is 560 g/mol. The molecule has 3 saturated carbocycles. The molecule has 0 radical (unpaired) electrons. The fourth-order valence-corrected chi connectivity index (χ4v) is 7.10. The van der Waals surface area contributed by atoms with Crippen LogP contribution in [0.1, 0.15) is 51.4 Å². The van der Waals surface area contributed by atoms with Gasteiger partial charge >= 0.3 is 6.18 Å². The van der Waals surface area contributed by atoms with E-state index in [2.05, 4.69) is 5.32 Å². The summed E-state index contributed by atoms with van der Waals surface area (Å²) in [7, 11) is -4.03. The van der Waals surface area contributed by atoms with E-state index in [4.69, 9.17) is 16.3 Å². The Morgan fingerprint density at radius 2 is 1.86 bits per heavy atom. The van der Waals surface area contributed by atoms with E-state index in [1.807, 2.05) is 6.07 Å². The molecular weight excluding hydrogens is 535 g/mol. The van der Waals surface area contributed by atoms with Gasteiger partial charge < -0.3 is 10.1 Å². The Morgan fingerprint density at radius 3 is 2.35 bits per heavy atom. The number of amides is 2. The van der Waals surface area contributed by atoms with Gasteiger partial charge in [0.25, 0.3) is 0 Å². The van der Waals surface area contributed by atoms with Gasteiger partial charge in [0.15, 0.2) is 9.84 Å². The van der Waals surface area contributed by atoms with E-state index < -0.39 is 62.9 Å². The summed E-state index contributed by atoms with van der Waals surface area (Å²) in [5, 5.41) is 11.2. The minimum atomic E-state index is -4.85. The van der Waals surface area contributed by atoms with Gasteiger partial charge in [0.05, 0.1) is 33.4 Å². The Bertz CT molecular complexity index is 1280. The first-order chi connectivity index (χ1) is 17.3. The molecule has 0 bridgehead atoms. The van der Waals surface area contributed by atoms with Crippen molar-refractivity contribution in [2.45, 2.75) is 85.4 Å². The predicted molar refractivity (Wildman–Crippen MR) is 124 cm³/mol. The van der Waals surface area contributed by atoms with Crippen molar-refractivity contribution in [3.63, 3.8) is 0 Å². The van der Waals surface area contributed by atoms with Crippen molar-refractivity contribution in [1.82, 2.24) is 10.2 Å². The lowest BCUT2D eigenvalue weighted by Crippen LogP contribution is -2.56. The topological polar surface area (TPSA) is 117 Å². The molecule has 3 aliphatic carbocycles. The first-order valence-corrected chi connectivity index (χ1v) is 14.1. The van der Waals surface area contributed by atoms with Gasteiger partial charge in [-0.2, -0.15) is 18.4 Å². The van der Waals surface area contributed by atoms with E-state index in [1.165, 1.54) is 18.2 Å². The highest BCUT2D eigenvalue weighted by atomic mass is 35.5. The number of carbonyl (C=O) groups is 2. The first-order valence-electron chi connectivity index (χ1n) is 12.1. The standard InChI is InChI=1S/C24H25ClF3N3O5S/c25-17-10-15(36-14-2-1-3-14)4-5-19(17)37(34,35)16-11-18(30-12-16)20(32)31(22(13-29)6-7-22)21(33)23(8-9-23)24(26,27)28/h4-5,10,14,16,18,30H,1-3,6-9,11-12H2/t16-,18+/m1/s1. The third-order valence-electron chi connectivity index (χ3n) is 7.88. The number of halogens is 4. The maximum atomic E-state index is 13.7. The molecule has 1 heterocycles. The minimum absolute atomic E-state index is 0.0364. The normalized spacial score (nSPS) is 26.0. The second-order valence-corrected chi connectivity index (χ2v) is 12.9. The second-order valence-electron chi connectivity index (χ2n) is 10.3. The maximum absolute atomic E-state index is 13.7. The number of nitrogens with zero attached hydrogens (tertiary/aromatic N) is 2. The number of carbonyl (C=O) groups excluding carboxylic acids is 2. The number of alkyl halides is 3. The van der Waals surface area contributed by atoms with Crippen molar-refractivity contribution in [3.8, 4) is 11.8 Å². The average Bonchev–Trinajstić information content (AvgIpc) is 3.72. The summed E-state index contributed by atoms with van der Waals surface area (Å²) in [5.74, 6) is -1.99. The maximum Gasteiger partial charge on any atom is 0.403 e. The number of imide groups is 1. The number of nitriles is 1. The van der Waals surface area contributed by atoms with Crippen LogP contribution in [0, 0.1) is 16.7 Å². The molecular formula is C24H25ClF3N3O5S.